The van der Waals surface area contributed by atoms with Crippen LogP contribution in [-0.2, 0) is 4.74 Å². The highest BCUT2D eigenvalue weighted by atomic mass is 16.5. The molecule has 22 heavy (non-hydrogen) atoms. The van der Waals surface area contributed by atoms with Gasteiger partial charge in [0.25, 0.3) is 0 Å². The SMILES string of the molecule is COc1ccc(C(=O)COC(=O)c2cc(C)on2)cc1OC. The summed E-state index contributed by atoms with van der Waals surface area (Å²) in [6.07, 6.45) is 0. The number of ketones is 1. The minimum atomic E-state index is -0.717. The molecule has 0 bridgehead atoms. The number of hydrogen-bond donors (Lipinski definition) is 0. The zero-order chi connectivity index (χ0) is 16.1. The number of carbonyl (C=O) groups is 2. The first kappa shape index (κ1) is 15.6. The van der Waals surface area contributed by atoms with Crippen LogP contribution in [0.25, 0.3) is 0 Å². The Morgan fingerprint density at radius 1 is 1.14 bits per heavy atom. The number of hydrogen-bond acceptors (Lipinski definition) is 7. The van der Waals surface area contributed by atoms with Crippen molar-refractivity contribution in [3.05, 3.63) is 41.3 Å². The average Bonchev–Trinajstić information content (AvgIpc) is 2.98. The highest BCUT2D eigenvalue weighted by molar-refractivity contribution is 5.99. The Morgan fingerprint density at radius 2 is 1.86 bits per heavy atom. The maximum absolute atomic E-state index is 12.0. The average molecular weight is 305 g/mol. The second-order valence-electron chi connectivity index (χ2n) is 4.39. The first-order valence-corrected chi connectivity index (χ1v) is 6.41. The number of aromatic nitrogens is 1. The van der Waals surface area contributed by atoms with Crippen molar-refractivity contribution in [2.45, 2.75) is 6.92 Å². The molecule has 7 nitrogen and oxygen atoms in total. The first-order valence-electron chi connectivity index (χ1n) is 6.41. The highest BCUT2D eigenvalue weighted by Gasteiger charge is 2.16. The van der Waals surface area contributed by atoms with Gasteiger partial charge in [-0.25, -0.2) is 4.79 Å². The Morgan fingerprint density at radius 3 is 2.45 bits per heavy atom. The molecule has 0 aliphatic rings. The Kier molecular flexibility index (Phi) is 4.77. The minimum absolute atomic E-state index is 0.0256. The zero-order valence-electron chi connectivity index (χ0n) is 12.4. The van der Waals surface area contributed by atoms with E-state index in [1.165, 1.54) is 26.4 Å². The van der Waals surface area contributed by atoms with Crippen LogP contribution in [0.1, 0.15) is 26.6 Å². The number of rotatable bonds is 6. The van der Waals surface area contributed by atoms with Gasteiger partial charge in [-0.2, -0.15) is 0 Å². The molecule has 2 rings (SSSR count). The third-order valence-electron chi connectivity index (χ3n) is 2.88. The molecule has 0 spiro atoms. The molecular formula is C15H15NO6. The molecule has 1 aromatic carbocycles. The molecule has 0 amide bonds. The van der Waals surface area contributed by atoms with E-state index in [1.807, 2.05) is 0 Å². The molecule has 0 atom stereocenters. The quantitative estimate of drug-likeness (QED) is 0.596. The molecule has 0 saturated heterocycles. The smallest absolute Gasteiger partial charge is 0.360 e. The van der Waals surface area contributed by atoms with Gasteiger partial charge in [0.2, 0.25) is 0 Å². The van der Waals surface area contributed by atoms with Crippen LogP contribution in [0.5, 0.6) is 11.5 Å². The molecule has 0 unspecified atom stereocenters. The summed E-state index contributed by atoms with van der Waals surface area (Å²) in [5.41, 5.74) is 0.374. The van der Waals surface area contributed by atoms with Gasteiger partial charge in [0.05, 0.1) is 14.2 Å². The molecule has 0 aliphatic heterocycles. The number of carbonyl (C=O) groups excluding carboxylic acids is 2. The van der Waals surface area contributed by atoms with Crippen LogP contribution in [0.2, 0.25) is 0 Å². The van der Waals surface area contributed by atoms with Gasteiger partial charge >= 0.3 is 5.97 Å². The van der Waals surface area contributed by atoms with Gasteiger partial charge in [0.15, 0.2) is 29.6 Å². The summed E-state index contributed by atoms with van der Waals surface area (Å²) < 4.78 is 19.9. The fraction of sp³-hybridized carbons (Fsp3) is 0.267. The third-order valence-corrected chi connectivity index (χ3v) is 2.88. The fourth-order valence-electron chi connectivity index (χ4n) is 1.76. The number of Topliss-reactive ketones (excluding diaryl/α,β-unsaturated/α-hetero) is 1. The standard InChI is InChI=1S/C15H15NO6/c1-9-6-11(16-22-9)15(18)21-8-12(17)10-4-5-13(19-2)14(7-10)20-3/h4-7H,8H2,1-3H3. The molecule has 0 N–H and O–H groups in total. The van der Waals surface area contributed by atoms with E-state index in [0.717, 1.165) is 0 Å². The number of benzene rings is 1. The van der Waals surface area contributed by atoms with E-state index in [0.29, 0.717) is 22.8 Å². The van der Waals surface area contributed by atoms with E-state index in [2.05, 4.69) is 5.16 Å². The predicted octanol–water partition coefficient (Wildman–Crippen LogP) is 2.04. The predicted molar refractivity (Wildman–Crippen MR) is 75.4 cm³/mol. The summed E-state index contributed by atoms with van der Waals surface area (Å²) in [7, 11) is 2.97. The van der Waals surface area contributed by atoms with Crippen molar-refractivity contribution < 1.29 is 28.3 Å². The van der Waals surface area contributed by atoms with Crippen molar-refractivity contribution in [1.29, 1.82) is 0 Å². The minimum Gasteiger partial charge on any atom is -0.493 e. The molecule has 7 heteroatoms. The second-order valence-corrected chi connectivity index (χ2v) is 4.39. The summed E-state index contributed by atoms with van der Waals surface area (Å²) >= 11 is 0. The van der Waals surface area contributed by atoms with Crippen LogP contribution in [0.15, 0.2) is 28.8 Å². The lowest BCUT2D eigenvalue weighted by Gasteiger charge is -2.09. The largest absolute Gasteiger partial charge is 0.493 e. The molecule has 116 valence electrons. The van der Waals surface area contributed by atoms with Gasteiger partial charge in [-0.15, -0.1) is 0 Å². The first-order chi connectivity index (χ1) is 10.5. The van der Waals surface area contributed by atoms with Crippen molar-refractivity contribution in [3.8, 4) is 11.5 Å². The third kappa shape index (κ3) is 3.43. The summed E-state index contributed by atoms with van der Waals surface area (Å²) in [6, 6.07) is 6.13. The van der Waals surface area contributed by atoms with Gasteiger partial charge in [0.1, 0.15) is 5.76 Å². The van der Waals surface area contributed by atoms with Crippen molar-refractivity contribution in [2.24, 2.45) is 0 Å². The van der Waals surface area contributed by atoms with Crippen molar-refractivity contribution in [3.63, 3.8) is 0 Å². The Balaban J connectivity index is 2.02. The van der Waals surface area contributed by atoms with Gasteiger partial charge in [-0.1, -0.05) is 5.16 Å². The number of aryl methyl sites for hydroxylation is 1. The molecule has 0 saturated carbocycles. The van der Waals surface area contributed by atoms with Crippen LogP contribution in [0.4, 0.5) is 0 Å². The van der Waals surface area contributed by atoms with E-state index in [4.69, 9.17) is 18.7 Å². The Hall–Kier alpha value is -2.83. The number of ether oxygens (including phenoxy) is 3. The summed E-state index contributed by atoms with van der Waals surface area (Å²) in [5.74, 6) is 0.333. The number of methoxy groups -OCH3 is 2. The van der Waals surface area contributed by atoms with Crippen molar-refractivity contribution in [2.75, 3.05) is 20.8 Å². The van der Waals surface area contributed by atoms with Crippen molar-refractivity contribution >= 4 is 11.8 Å². The summed E-state index contributed by atoms with van der Waals surface area (Å²) in [4.78, 5) is 23.7. The maximum atomic E-state index is 12.0. The van der Waals surface area contributed by atoms with E-state index in [1.54, 1.807) is 19.1 Å². The van der Waals surface area contributed by atoms with Crippen LogP contribution >= 0.6 is 0 Å². The van der Waals surface area contributed by atoms with E-state index in [9.17, 15) is 9.59 Å². The van der Waals surface area contributed by atoms with Crippen LogP contribution in [0, 0.1) is 6.92 Å². The molecule has 1 heterocycles. The summed E-state index contributed by atoms with van der Waals surface area (Å²) in [5, 5.41) is 3.52. The van der Waals surface area contributed by atoms with Gasteiger partial charge in [0, 0.05) is 11.6 Å². The van der Waals surface area contributed by atoms with E-state index in [-0.39, 0.29) is 11.5 Å². The lowest BCUT2D eigenvalue weighted by Crippen LogP contribution is -2.14. The van der Waals surface area contributed by atoms with E-state index >= 15 is 0 Å². The number of nitrogens with zero attached hydrogens (tertiary/aromatic N) is 1. The molecule has 0 aliphatic carbocycles. The highest BCUT2D eigenvalue weighted by Crippen LogP contribution is 2.27. The van der Waals surface area contributed by atoms with Crippen molar-refractivity contribution in [1.82, 2.24) is 5.16 Å². The van der Waals surface area contributed by atoms with Crippen LogP contribution in [0.3, 0.4) is 0 Å². The monoisotopic (exact) mass is 305 g/mol. The Labute approximate surface area is 126 Å². The van der Waals surface area contributed by atoms with Crippen LogP contribution < -0.4 is 9.47 Å². The topological polar surface area (TPSA) is 87.9 Å². The second kappa shape index (κ2) is 6.75. The lowest BCUT2D eigenvalue weighted by atomic mass is 10.1. The van der Waals surface area contributed by atoms with Gasteiger partial charge in [-0.05, 0) is 25.1 Å². The normalized spacial score (nSPS) is 10.1. The molecule has 0 fully saturated rings. The number of esters is 1. The van der Waals surface area contributed by atoms with Crippen LogP contribution in [-0.4, -0.2) is 37.7 Å². The molecule has 0 radical (unpaired) electrons. The molecule has 2 aromatic rings. The maximum Gasteiger partial charge on any atom is 0.360 e. The molecule has 1 aromatic heterocycles. The lowest BCUT2D eigenvalue weighted by molar-refractivity contribution is 0.0464. The summed E-state index contributed by atoms with van der Waals surface area (Å²) in [6.45, 7) is 1.25. The van der Waals surface area contributed by atoms with E-state index < -0.39 is 12.6 Å². The Bertz CT molecular complexity index is 691. The fourth-order valence-corrected chi connectivity index (χ4v) is 1.76. The van der Waals surface area contributed by atoms with Gasteiger partial charge in [-0.3, -0.25) is 4.79 Å². The zero-order valence-corrected chi connectivity index (χ0v) is 12.4. The van der Waals surface area contributed by atoms with Gasteiger partial charge < -0.3 is 18.7 Å². The molecular weight excluding hydrogens is 290 g/mol.